The summed E-state index contributed by atoms with van der Waals surface area (Å²) in [5.74, 6) is -0.848. The third-order valence-corrected chi connectivity index (χ3v) is 4.66. The van der Waals surface area contributed by atoms with Crippen LogP contribution in [0.2, 0.25) is 0 Å². The van der Waals surface area contributed by atoms with Crippen molar-refractivity contribution in [3.63, 3.8) is 0 Å². The number of nitrogens with zero attached hydrogens (tertiary/aromatic N) is 3. The number of ether oxygens (including phenoxy) is 1. The number of halogens is 2. The highest BCUT2D eigenvalue weighted by molar-refractivity contribution is 5.44. The summed E-state index contributed by atoms with van der Waals surface area (Å²) in [4.78, 5) is 18.3. The lowest BCUT2D eigenvalue weighted by molar-refractivity contribution is 0.288. The van der Waals surface area contributed by atoms with E-state index >= 15 is 0 Å². The van der Waals surface area contributed by atoms with Crippen molar-refractivity contribution >= 4 is 5.82 Å². The number of anilines is 1. The topological polar surface area (TPSA) is 47.4 Å². The molecule has 1 aliphatic heterocycles. The quantitative estimate of drug-likeness (QED) is 0.851. The van der Waals surface area contributed by atoms with Gasteiger partial charge in [0, 0.05) is 25.2 Å². The van der Waals surface area contributed by atoms with Gasteiger partial charge >= 0.3 is 5.69 Å². The summed E-state index contributed by atoms with van der Waals surface area (Å²) in [6.45, 7) is 7.23. The summed E-state index contributed by atoms with van der Waals surface area (Å²) in [6, 6.07) is 4.30. The maximum atomic E-state index is 13.4. The number of fused-ring (bicyclic) bond motifs is 1. The fraction of sp³-hybridized carbons (Fsp3) is 0.444. The van der Waals surface area contributed by atoms with E-state index in [2.05, 4.69) is 16.8 Å². The van der Waals surface area contributed by atoms with Gasteiger partial charge in [-0.25, -0.2) is 13.6 Å². The van der Waals surface area contributed by atoms with Gasteiger partial charge < -0.3 is 9.64 Å². The number of hydrogen-bond acceptors (Lipinski definition) is 4. The highest BCUT2D eigenvalue weighted by Crippen LogP contribution is 2.26. The zero-order chi connectivity index (χ0) is 18.1. The van der Waals surface area contributed by atoms with E-state index in [1.54, 1.807) is 17.6 Å². The van der Waals surface area contributed by atoms with Gasteiger partial charge in [0.15, 0.2) is 11.6 Å². The Morgan fingerprint density at radius 2 is 2.00 bits per heavy atom. The summed E-state index contributed by atoms with van der Waals surface area (Å²) in [7, 11) is 0. The molecule has 1 aromatic heterocycles. The number of rotatable bonds is 4. The van der Waals surface area contributed by atoms with Crippen molar-refractivity contribution in [3.8, 4) is 5.88 Å². The van der Waals surface area contributed by atoms with E-state index in [-0.39, 0.29) is 18.2 Å². The number of aryl methyl sites for hydroxylation is 1. The third kappa shape index (κ3) is 3.36. The van der Waals surface area contributed by atoms with E-state index in [0.717, 1.165) is 30.9 Å². The minimum absolute atomic E-state index is 0.0145. The Hall–Kier alpha value is -2.44. The average molecular weight is 349 g/mol. The maximum Gasteiger partial charge on any atom is 0.352 e. The molecule has 2 heterocycles. The van der Waals surface area contributed by atoms with E-state index < -0.39 is 11.6 Å². The largest absolute Gasteiger partial charge is 0.473 e. The lowest BCUT2D eigenvalue weighted by atomic mass is 10.1. The minimum atomic E-state index is -0.923. The van der Waals surface area contributed by atoms with E-state index in [1.807, 2.05) is 6.92 Å². The van der Waals surface area contributed by atoms with Crippen LogP contribution < -0.4 is 15.3 Å². The first-order valence-electron chi connectivity index (χ1n) is 8.36. The Bertz CT molecular complexity index is 851. The molecule has 0 saturated carbocycles. The second kappa shape index (κ2) is 6.82. The van der Waals surface area contributed by atoms with Crippen LogP contribution in [-0.2, 0) is 13.2 Å². The molecule has 3 rings (SSSR count). The van der Waals surface area contributed by atoms with Gasteiger partial charge in [0.25, 0.3) is 0 Å². The van der Waals surface area contributed by atoms with Gasteiger partial charge in [0.05, 0.1) is 0 Å². The Balaban J connectivity index is 1.87. The first kappa shape index (κ1) is 17.4. The highest BCUT2D eigenvalue weighted by atomic mass is 19.2. The van der Waals surface area contributed by atoms with Crippen LogP contribution in [0.4, 0.5) is 14.6 Å². The standard InChI is InChI=1S/C18H21F2N3O2/c1-4-22-12(3)5-6-23-17(22)9-16(21-18(23)24)25-10-13-8-15(20)14(19)7-11(13)2/h7-9,12H,4-6,10H2,1-3H3/t12-/m0/s1. The second-order valence-electron chi connectivity index (χ2n) is 6.29. The van der Waals surface area contributed by atoms with Crippen LogP contribution in [0.25, 0.3) is 0 Å². The minimum Gasteiger partial charge on any atom is -0.473 e. The van der Waals surface area contributed by atoms with Crippen LogP contribution in [0.15, 0.2) is 23.0 Å². The van der Waals surface area contributed by atoms with Gasteiger partial charge in [0.2, 0.25) is 5.88 Å². The van der Waals surface area contributed by atoms with E-state index in [0.29, 0.717) is 23.7 Å². The number of benzene rings is 1. The highest BCUT2D eigenvalue weighted by Gasteiger charge is 2.24. The molecule has 0 N–H and O–H groups in total. The van der Waals surface area contributed by atoms with Crippen molar-refractivity contribution in [1.29, 1.82) is 0 Å². The first-order valence-corrected chi connectivity index (χ1v) is 8.36. The molecule has 25 heavy (non-hydrogen) atoms. The molecule has 0 spiro atoms. The van der Waals surface area contributed by atoms with E-state index in [9.17, 15) is 13.6 Å². The Kier molecular flexibility index (Phi) is 4.74. The lowest BCUT2D eigenvalue weighted by Gasteiger charge is -2.36. The third-order valence-electron chi connectivity index (χ3n) is 4.66. The predicted molar refractivity (Wildman–Crippen MR) is 91.0 cm³/mol. The van der Waals surface area contributed by atoms with Crippen molar-refractivity contribution in [1.82, 2.24) is 9.55 Å². The molecule has 0 fully saturated rings. The SMILES string of the molecule is CCN1c2cc(OCc3cc(F)c(F)cc3C)nc(=O)n2CC[C@@H]1C. The van der Waals surface area contributed by atoms with Crippen LogP contribution in [0.5, 0.6) is 5.88 Å². The molecule has 0 unspecified atom stereocenters. The zero-order valence-electron chi connectivity index (χ0n) is 14.6. The maximum absolute atomic E-state index is 13.4. The van der Waals surface area contributed by atoms with Crippen molar-refractivity contribution < 1.29 is 13.5 Å². The summed E-state index contributed by atoms with van der Waals surface area (Å²) < 4.78 is 33.9. The molecule has 0 saturated heterocycles. The van der Waals surface area contributed by atoms with E-state index in [4.69, 9.17) is 4.74 Å². The smallest absolute Gasteiger partial charge is 0.352 e. The van der Waals surface area contributed by atoms with Gasteiger partial charge in [-0.1, -0.05) is 0 Å². The summed E-state index contributed by atoms with van der Waals surface area (Å²) >= 11 is 0. The molecule has 1 aromatic carbocycles. The van der Waals surface area contributed by atoms with Gasteiger partial charge in [-0.2, -0.15) is 4.98 Å². The van der Waals surface area contributed by atoms with Crippen molar-refractivity contribution in [2.45, 2.75) is 46.4 Å². The summed E-state index contributed by atoms with van der Waals surface area (Å²) in [5.41, 5.74) is 0.733. The van der Waals surface area contributed by atoms with Crippen molar-refractivity contribution in [3.05, 3.63) is 51.4 Å². The van der Waals surface area contributed by atoms with Crippen LogP contribution in [0, 0.1) is 18.6 Å². The van der Waals surface area contributed by atoms with Gasteiger partial charge in [-0.15, -0.1) is 0 Å². The Morgan fingerprint density at radius 1 is 1.28 bits per heavy atom. The van der Waals surface area contributed by atoms with Gasteiger partial charge in [0.1, 0.15) is 12.4 Å². The monoisotopic (exact) mass is 349 g/mol. The molecular formula is C18H21F2N3O2. The Labute approximate surface area is 144 Å². The normalized spacial score (nSPS) is 16.7. The molecule has 134 valence electrons. The van der Waals surface area contributed by atoms with Crippen molar-refractivity contribution in [2.75, 3.05) is 11.4 Å². The molecule has 0 amide bonds. The molecule has 0 bridgehead atoms. The molecule has 1 atom stereocenters. The molecule has 0 aliphatic carbocycles. The van der Waals surface area contributed by atoms with Crippen LogP contribution >= 0.6 is 0 Å². The fourth-order valence-corrected chi connectivity index (χ4v) is 3.16. The molecule has 5 nitrogen and oxygen atoms in total. The van der Waals surface area contributed by atoms with E-state index in [1.165, 1.54) is 0 Å². The van der Waals surface area contributed by atoms with Crippen LogP contribution in [0.1, 0.15) is 31.4 Å². The first-order chi connectivity index (χ1) is 11.9. The Morgan fingerprint density at radius 3 is 2.72 bits per heavy atom. The molecular weight excluding hydrogens is 328 g/mol. The fourth-order valence-electron chi connectivity index (χ4n) is 3.16. The summed E-state index contributed by atoms with van der Waals surface area (Å²) in [6.07, 6.45) is 0.886. The number of hydrogen-bond donors (Lipinski definition) is 0. The molecule has 1 aliphatic rings. The molecule has 0 radical (unpaired) electrons. The van der Waals surface area contributed by atoms with Crippen molar-refractivity contribution in [2.24, 2.45) is 0 Å². The number of aromatic nitrogens is 2. The average Bonchev–Trinajstić information content (AvgIpc) is 2.56. The second-order valence-corrected chi connectivity index (χ2v) is 6.29. The van der Waals surface area contributed by atoms with Crippen LogP contribution in [-0.4, -0.2) is 22.1 Å². The molecule has 2 aromatic rings. The van der Waals surface area contributed by atoms with Crippen LogP contribution in [0.3, 0.4) is 0 Å². The van der Waals surface area contributed by atoms with Gasteiger partial charge in [-0.3, -0.25) is 4.57 Å². The predicted octanol–water partition coefficient (Wildman–Crippen LogP) is 3.03. The van der Waals surface area contributed by atoms with Gasteiger partial charge in [-0.05, 0) is 50.5 Å². The summed E-state index contributed by atoms with van der Waals surface area (Å²) in [5, 5.41) is 0. The zero-order valence-corrected chi connectivity index (χ0v) is 14.6. The molecule has 7 heteroatoms. The lowest BCUT2D eigenvalue weighted by Crippen LogP contribution is -2.43.